The predicted octanol–water partition coefficient (Wildman–Crippen LogP) is 0.594. The third kappa shape index (κ3) is 4.85. The molecule has 1 rings (SSSR count). The minimum Gasteiger partial charge on any atom is -0.324 e. The highest BCUT2D eigenvalue weighted by molar-refractivity contribution is 7.51. The zero-order chi connectivity index (χ0) is 11.3. The fourth-order valence-electron chi connectivity index (χ4n) is 1.04. The zero-order valence-electron chi connectivity index (χ0n) is 7.96. The van der Waals surface area contributed by atoms with Crippen molar-refractivity contribution in [1.29, 1.82) is 0 Å². The van der Waals surface area contributed by atoms with Crippen molar-refractivity contribution in [3.05, 3.63) is 35.9 Å². The predicted molar refractivity (Wildman–Crippen MR) is 55.7 cm³/mol. The van der Waals surface area contributed by atoms with Crippen LogP contribution in [-0.4, -0.2) is 28.4 Å². The minimum atomic E-state index is -4.08. The van der Waals surface area contributed by atoms with Gasteiger partial charge in [0.05, 0.1) is 12.8 Å². The Bertz CT molecular complexity index is 373. The summed E-state index contributed by atoms with van der Waals surface area (Å²) in [4.78, 5) is 28.5. The van der Waals surface area contributed by atoms with E-state index in [1.54, 1.807) is 30.3 Å². The molecule has 0 atom stereocenters. The van der Waals surface area contributed by atoms with Crippen molar-refractivity contribution in [2.75, 3.05) is 12.8 Å². The van der Waals surface area contributed by atoms with Crippen LogP contribution in [0.5, 0.6) is 0 Å². The number of hydrogen-bond donors (Lipinski definition) is 3. The summed E-state index contributed by atoms with van der Waals surface area (Å²) in [5.41, 5.74) is 0.524. The molecule has 0 saturated heterocycles. The Labute approximate surface area is 87.3 Å². The average molecular weight is 229 g/mol. The molecule has 1 aromatic carbocycles. The topological polar surface area (TPSA) is 86.6 Å². The number of carbonyl (C=O) groups excluding carboxylic acids is 1. The van der Waals surface area contributed by atoms with E-state index in [0.717, 1.165) is 0 Å². The first kappa shape index (κ1) is 12.1. The lowest BCUT2D eigenvalue weighted by atomic mass is 10.1. The molecule has 6 heteroatoms. The van der Waals surface area contributed by atoms with Crippen molar-refractivity contribution >= 4 is 13.4 Å². The van der Waals surface area contributed by atoms with Crippen molar-refractivity contribution in [3.63, 3.8) is 0 Å². The Morgan fingerprint density at radius 3 is 2.40 bits per heavy atom. The minimum absolute atomic E-state index is 0.0743. The first-order valence-corrected chi connectivity index (χ1v) is 6.12. The number of rotatable bonds is 5. The molecule has 0 aliphatic carbocycles. The molecule has 0 aliphatic rings. The van der Waals surface area contributed by atoms with E-state index in [9.17, 15) is 9.36 Å². The van der Waals surface area contributed by atoms with Gasteiger partial charge in [0, 0.05) is 5.56 Å². The molecule has 0 amide bonds. The summed E-state index contributed by atoms with van der Waals surface area (Å²) in [7, 11) is -4.08. The maximum atomic E-state index is 11.4. The normalized spacial score (nSPS) is 11.3. The lowest BCUT2D eigenvalue weighted by Gasteiger charge is -2.05. The second kappa shape index (κ2) is 5.19. The molecule has 0 spiro atoms. The van der Waals surface area contributed by atoms with Gasteiger partial charge < -0.3 is 9.79 Å². The Hall–Kier alpha value is -1.00. The van der Waals surface area contributed by atoms with Gasteiger partial charge in [0.25, 0.3) is 0 Å². The second-order valence-electron chi connectivity index (χ2n) is 3.04. The Morgan fingerprint density at radius 2 is 1.87 bits per heavy atom. The molecule has 5 nitrogen and oxygen atoms in total. The number of benzene rings is 1. The standard InChI is InChI=1S/C9H12NO4P/c11-9(6-10-7-15(12,13)14)8-4-2-1-3-5-8/h1-5,10H,6-7H2,(H2,12,13,14). The van der Waals surface area contributed by atoms with Gasteiger partial charge in [-0.1, -0.05) is 30.3 Å². The van der Waals surface area contributed by atoms with Crippen LogP contribution in [0.15, 0.2) is 30.3 Å². The average Bonchev–Trinajstić information content (AvgIpc) is 2.17. The number of hydrogen-bond acceptors (Lipinski definition) is 3. The Morgan fingerprint density at radius 1 is 1.27 bits per heavy atom. The third-order valence-corrected chi connectivity index (χ3v) is 2.33. The van der Waals surface area contributed by atoms with Gasteiger partial charge in [-0.05, 0) is 0 Å². The summed E-state index contributed by atoms with van der Waals surface area (Å²) >= 11 is 0. The van der Waals surface area contributed by atoms with Gasteiger partial charge in [0.1, 0.15) is 0 Å². The smallest absolute Gasteiger partial charge is 0.324 e. The van der Waals surface area contributed by atoms with E-state index < -0.39 is 13.9 Å². The SMILES string of the molecule is O=C(CNCP(=O)(O)O)c1ccccc1. The number of ketones is 1. The molecule has 0 aromatic heterocycles. The molecule has 0 unspecified atom stereocenters. The molecule has 82 valence electrons. The van der Waals surface area contributed by atoms with Gasteiger partial charge in [0.2, 0.25) is 0 Å². The first-order valence-electron chi connectivity index (χ1n) is 4.32. The molecule has 0 bridgehead atoms. The molecule has 0 aliphatic heterocycles. The monoisotopic (exact) mass is 229 g/mol. The van der Waals surface area contributed by atoms with E-state index in [4.69, 9.17) is 9.79 Å². The summed E-state index contributed by atoms with van der Waals surface area (Å²) in [6.45, 7) is -0.0743. The van der Waals surface area contributed by atoms with Crippen LogP contribution in [0, 0.1) is 0 Å². The van der Waals surface area contributed by atoms with Crippen LogP contribution >= 0.6 is 7.60 Å². The van der Waals surface area contributed by atoms with Gasteiger partial charge in [-0.3, -0.25) is 14.7 Å². The van der Waals surface area contributed by atoms with Crippen molar-refractivity contribution in [3.8, 4) is 0 Å². The summed E-state index contributed by atoms with van der Waals surface area (Å²) in [5, 5.41) is 2.41. The van der Waals surface area contributed by atoms with Gasteiger partial charge in [-0.25, -0.2) is 0 Å². The fourth-order valence-corrected chi connectivity index (χ4v) is 1.44. The summed E-state index contributed by atoms with van der Waals surface area (Å²) < 4.78 is 10.5. The van der Waals surface area contributed by atoms with Gasteiger partial charge in [-0.15, -0.1) is 0 Å². The quantitative estimate of drug-likeness (QED) is 0.508. The second-order valence-corrected chi connectivity index (χ2v) is 4.68. The van der Waals surface area contributed by atoms with Crippen molar-refractivity contribution in [2.24, 2.45) is 0 Å². The fraction of sp³-hybridized carbons (Fsp3) is 0.222. The molecule has 0 radical (unpaired) electrons. The van der Waals surface area contributed by atoms with Crippen LogP contribution in [0.1, 0.15) is 10.4 Å². The highest BCUT2D eigenvalue weighted by Crippen LogP contribution is 2.31. The van der Waals surface area contributed by atoms with E-state index in [1.165, 1.54) is 0 Å². The van der Waals surface area contributed by atoms with Gasteiger partial charge in [0.15, 0.2) is 5.78 Å². The van der Waals surface area contributed by atoms with E-state index in [1.807, 2.05) is 0 Å². The molecule has 0 fully saturated rings. The van der Waals surface area contributed by atoms with Crippen LogP contribution in [0.3, 0.4) is 0 Å². The van der Waals surface area contributed by atoms with Crippen molar-refractivity contribution in [2.45, 2.75) is 0 Å². The molecule has 3 N–H and O–H groups in total. The molecule has 0 saturated carbocycles. The van der Waals surface area contributed by atoms with Gasteiger partial charge in [-0.2, -0.15) is 0 Å². The van der Waals surface area contributed by atoms with Crippen LogP contribution in [-0.2, 0) is 4.57 Å². The Kier molecular flexibility index (Phi) is 4.17. The number of Topliss-reactive ketones (excluding diaryl/α,β-unsaturated/α-hetero) is 1. The number of nitrogens with one attached hydrogen (secondary N) is 1. The maximum Gasteiger partial charge on any atom is 0.339 e. The molecule has 0 heterocycles. The molecule has 1 aromatic rings. The van der Waals surface area contributed by atoms with Crippen LogP contribution in [0.4, 0.5) is 0 Å². The van der Waals surface area contributed by atoms with E-state index in [-0.39, 0.29) is 12.3 Å². The van der Waals surface area contributed by atoms with E-state index in [2.05, 4.69) is 5.32 Å². The number of carbonyl (C=O) groups is 1. The van der Waals surface area contributed by atoms with Crippen LogP contribution in [0.2, 0.25) is 0 Å². The first-order chi connectivity index (χ1) is 6.99. The lowest BCUT2D eigenvalue weighted by molar-refractivity contribution is 0.0992. The van der Waals surface area contributed by atoms with Crippen LogP contribution < -0.4 is 5.32 Å². The molecular weight excluding hydrogens is 217 g/mol. The van der Waals surface area contributed by atoms with E-state index >= 15 is 0 Å². The highest BCUT2D eigenvalue weighted by Gasteiger charge is 2.13. The Balaban J connectivity index is 2.41. The largest absolute Gasteiger partial charge is 0.339 e. The lowest BCUT2D eigenvalue weighted by Crippen LogP contribution is -2.23. The molecular formula is C9H12NO4P. The highest BCUT2D eigenvalue weighted by atomic mass is 31.2. The zero-order valence-corrected chi connectivity index (χ0v) is 8.85. The van der Waals surface area contributed by atoms with Crippen molar-refractivity contribution in [1.82, 2.24) is 5.32 Å². The van der Waals surface area contributed by atoms with Crippen LogP contribution in [0.25, 0.3) is 0 Å². The maximum absolute atomic E-state index is 11.4. The van der Waals surface area contributed by atoms with E-state index in [0.29, 0.717) is 5.56 Å². The summed E-state index contributed by atoms with van der Waals surface area (Å²) in [5.74, 6) is -0.191. The summed E-state index contributed by atoms with van der Waals surface area (Å²) in [6.07, 6.45) is -0.481. The third-order valence-electron chi connectivity index (χ3n) is 1.70. The van der Waals surface area contributed by atoms with Gasteiger partial charge >= 0.3 is 7.60 Å². The summed E-state index contributed by atoms with van der Waals surface area (Å²) in [6, 6.07) is 8.56. The molecule has 15 heavy (non-hydrogen) atoms. The van der Waals surface area contributed by atoms with Crippen molar-refractivity contribution < 1.29 is 19.1 Å².